The van der Waals surface area contributed by atoms with Crippen LogP contribution >= 0.6 is 23.2 Å². The molecule has 0 aliphatic heterocycles. The summed E-state index contributed by atoms with van der Waals surface area (Å²) in [6, 6.07) is 4.89. The molecule has 0 bridgehead atoms. The van der Waals surface area contributed by atoms with Gasteiger partial charge in [0.15, 0.2) is 11.2 Å². The van der Waals surface area contributed by atoms with Crippen molar-refractivity contribution in [2.45, 2.75) is 13.0 Å². The standard InChI is InChI=1S/C17H17Cl2N5O4/c1-22-13-14(21-16(22)20-6-5-12(25)26)23(2)17(28)24(15(13)27)8-9-3-4-10(18)11(19)7-9/h3-4,7H,5-6,8H2,1-2H3,(H,20,21)(H,25,26). The molecule has 0 atom stereocenters. The van der Waals surface area contributed by atoms with Crippen molar-refractivity contribution in [3.05, 3.63) is 54.6 Å². The number of carbonyl (C=O) groups is 1. The van der Waals surface area contributed by atoms with Crippen LogP contribution in [0.4, 0.5) is 5.95 Å². The first kappa shape index (κ1) is 20.0. The van der Waals surface area contributed by atoms with E-state index in [9.17, 15) is 14.4 Å². The lowest BCUT2D eigenvalue weighted by molar-refractivity contribution is -0.136. The van der Waals surface area contributed by atoms with Crippen molar-refractivity contribution in [3.8, 4) is 0 Å². The fourth-order valence-electron chi connectivity index (χ4n) is 2.84. The van der Waals surface area contributed by atoms with Gasteiger partial charge in [0.1, 0.15) is 0 Å². The van der Waals surface area contributed by atoms with Crippen LogP contribution in [0.2, 0.25) is 10.0 Å². The third kappa shape index (κ3) is 3.63. The minimum Gasteiger partial charge on any atom is -0.481 e. The predicted molar refractivity (Wildman–Crippen MR) is 107 cm³/mol. The molecule has 0 unspecified atom stereocenters. The Morgan fingerprint density at radius 3 is 2.54 bits per heavy atom. The monoisotopic (exact) mass is 425 g/mol. The average Bonchev–Trinajstić information content (AvgIpc) is 2.96. The minimum atomic E-state index is -0.956. The van der Waals surface area contributed by atoms with Gasteiger partial charge in [-0.2, -0.15) is 4.98 Å². The number of imidazole rings is 1. The zero-order valence-electron chi connectivity index (χ0n) is 15.1. The van der Waals surface area contributed by atoms with Crippen LogP contribution in [-0.4, -0.2) is 36.3 Å². The van der Waals surface area contributed by atoms with Crippen LogP contribution in [0.3, 0.4) is 0 Å². The zero-order chi connectivity index (χ0) is 20.6. The van der Waals surface area contributed by atoms with Crippen LogP contribution < -0.4 is 16.6 Å². The van der Waals surface area contributed by atoms with Crippen LogP contribution in [0, 0.1) is 0 Å². The predicted octanol–water partition coefficient (Wildman–Crippen LogP) is 1.68. The molecular weight excluding hydrogens is 409 g/mol. The molecule has 0 aliphatic rings. The highest BCUT2D eigenvalue weighted by atomic mass is 35.5. The number of anilines is 1. The molecule has 0 amide bonds. The molecule has 148 valence electrons. The maximum absolute atomic E-state index is 13.0. The lowest BCUT2D eigenvalue weighted by Crippen LogP contribution is -2.39. The van der Waals surface area contributed by atoms with Gasteiger partial charge in [-0.05, 0) is 17.7 Å². The molecule has 3 aromatic rings. The number of aliphatic carboxylic acids is 1. The van der Waals surface area contributed by atoms with Crippen LogP contribution in [0.5, 0.6) is 0 Å². The number of hydrogen-bond donors (Lipinski definition) is 2. The molecule has 0 aliphatic carbocycles. The van der Waals surface area contributed by atoms with E-state index in [4.69, 9.17) is 28.3 Å². The molecule has 0 saturated carbocycles. The molecule has 11 heteroatoms. The Balaban J connectivity index is 2.08. The topological polar surface area (TPSA) is 111 Å². The highest BCUT2D eigenvalue weighted by Crippen LogP contribution is 2.22. The number of nitrogens with one attached hydrogen (secondary N) is 1. The van der Waals surface area contributed by atoms with Gasteiger partial charge in [-0.15, -0.1) is 0 Å². The Labute approximate surface area is 168 Å². The fourth-order valence-corrected chi connectivity index (χ4v) is 3.16. The summed E-state index contributed by atoms with van der Waals surface area (Å²) >= 11 is 11.9. The highest BCUT2D eigenvalue weighted by Gasteiger charge is 2.18. The van der Waals surface area contributed by atoms with E-state index in [2.05, 4.69) is 10.3 Å². The van der Waals surface area contributed by atoms with E-state index in [1.54, 1.807) is 25.2 Å². The minimum absolute atomic E-state index is 0.0191. The molecule has 9 nitrogen and oxygen atoms in total. The number of nitrogens with zero attached hydrogens (tertiary/aromatic N) is 4. The van der Waals surface area contributed by atoms with Crippen LogP contribution in [0.25, 0.3) is 11.2 Å². The smallest absolute Gasteiger partial charge is 0.332 e. The summed E-state index contributed by atoms with van der Waals surface area (Å²) in [7, 11) is 3.14. The number of halogens is 2. The van der Waals surface area contributed by atoms with E-state index >= 15 is 0 Å². The number of carboxylic acid groups (broad SMARTS) is 1. The second-order valence-electron chi connectivity index (χ2n) is 6.22. The van der Waals surface area contributed by atoms with E-state index in [1.807, 2.05) is 0 Å². The van der Waals surface area contributed by atoms with Crippen molar-refractivity contribution in [2.24, 2.45) is 14.1 Å². The Morgan fingerprint density at radius 2 is 1.89 bits per heavy atom. The molecule has 0 radical (unpaired) electrons. The Kier molecular flexibility index (Phi) is 5.48. The van der Waals surface area contributed by atoms with Gasteiger partial charge in [0.2, 0.25) is 5.95 Å². The molecule has 3 rings (SSSR count). The lowest BCUT2D eigenvalue weighted by atomic mass is 10.2. The van der Waals surface area contributed by atoms with E-state index in [0.29, 0.717) is 21.6 Å². The molecule has 0 saturated heterocycles. The molecule has 2 aromatic heterocycles. The first-order valence-corrected chi connectivity index (χ1v) is 9.02. The SMILES string of the molecule is Cn1c(NCCC(=O)O)nc2c1c(=O)n(Cc1ccc(Cl)c(Cl)c1)c(=O)n2C. The quantitative estimate of drug-likeness (QED) is 0.621. The largest absolute Gasteiger partial charge is 0.481 e. The van der Waals surface area contributed by atoms with Crippen LogP contribution in [0.15, 0.2) is 27.8 Å². The van der Waals surface area contributed by atoms with Gasteiger partial charge < -0.3 is 15.0 Å². The normalized spacial score (nSPS) is 11.1. The van der Waals surface area contributed by atoms with Crippen molar-refractivity contribution < 1.29 is 9.90 Å². The molecular formula is C17H17Cl2N5O4. The lowest BCUT2D eigenvalue weighted by Gasteiger charge is -2.09. The Hall–Kier alpha value is -2.78. The van der Waals surface area contributed by atoms with Gasteiger partial charge >= 0.3 is 11.7 Å². The van der Waals surface area contributed by atoms with Gasteiger partial charge in [-0.1, -0.05) is 29.3 Å². The third-order valence-corrected chi connectivity index (χ3v) is 5.05. The number of aromatic nitrogens is 4. The molecule has 0 fully saturated rings. The Morgan fingerprint density at radius 1 is 1.18 bits per heavy atom. The number of rotatable bonds is 6. The second kappa shape index (κ2) is 7.69. The summed E-state index contributed by atoms with van der Waals surface area (Å²) in [5.41, 5.74) is 0.0415. The van der Waals surface area contributed by atoms with Gasteiger partial charge in [0.25, 0.3) is 5.56 Å². The maximum atomic E-state index is 13.0. The van der Waals surface area contributed by atoms with Crippen LogP contribution in [-0.2, 0) is 25.4 Å². The number of carboxylic acids is 1. The first-order valence-electron chi connectivity index (χ1n) is 8.26. The first-order chi connectivity index (χ1) is 13.2. The van der Waals surface area contributed by atoms with E-state index in [0.717, 1.165) is 4.57 Å². The van der Waals surface area contributed by atoms with Crippen molar-refractivity contribution in [2.75, 3.05) is 11.9 Å². The summed E-state index contributed by atoms with van der Waals surface area (Å²) in [6.07, 6.45) is -0.107. The van der Waals surface area contributed by atoms with E-state index < -0.39 is 17.2 Å². The molecule has 0 spiro atoms. The zero-order valence-corrected chi connectivity index (χ0v) is 16.6. The van der Waals surface area contributed by atoms with E-state index in [1.165, 1.54) is 16.2 Å². The summed E-state index contributed by atoms with van der Waals surface area (Å²) in [5, 5.41) is 12.3. The van der Waals surface area contributed by atoms with Gasteiger partial charge in [-0.3, -0.25) is 18.7 Å². The van der Waals surface area contributed by atoms with Crippen molar-refractivity contribution in [3.63, 3.8) is 0 Å². The van der Waals surface area contributed by atoms with Gasteiger partial charge in [-0.25, -0.2) is 4.79 Å². The van der Waals surface area contributed by atoms with Crippen molar-refractivity contribution >= 4 is 46.3 Å². The fraction of sp³-hybridized carbons (Fsp3) is 0.294. The number of hydrogen-bond acceptors (Lipinski definition) is 5. The number of fused-ring (bicyclic) bond motifs is 1. The summed E-state index contributed by atoms with van der Waals surface area (Å²) in [6.45, 7) is 0.156. The summed E-state index contributed by atoms with van der Waals surface area (Å²) < 4.78 is 3.87. The molecule has 28 heavy (non-hydrogen) atoms. The van der Waals surface area contributed by atoms with Crippen molar-refractivity contribution in [1.82, 2.24) is 18.7 Å². The second-order valence-corrected chi connectivity index (χ2v) is 7.03. The molecule has 2 heterocycles. The van der Waals surface area contributed by atoms with E-state index in [-0.39, 0.29) is 30.7 Å². The summed E-state index contributed by atoms with van der Waals surface area (Å²) in [5.74, 6) is -0.654. The maximum Gasteiger partial charge on any atom is 0.332 e. The highest BCUT2D eigenvalue weighted by molar-refractivity contribution is 6.42. The number of benzene rings is 1. The van der Waals surface area contributed by atoms with Gasteiger partial charge in [0.05, 0.1) is 23.0 Å². The average molecular weight is 426 g/mol. The third-order valence-electron chi connectivity index (χ3n) is 4.31. The van der Waals surface area contributed by atoms with Crippen molar-refractivity contribution in [1.29, 1.82) is 0 Å². The molecule has 1 aromatic carbocycles. The summed E-state index contributed by atoms with van der Waals surface area (Å²) in [4.78, 5) is 40.6. The van der Waals surface area contributed by atoms with Crippen LogP contribution in [0.1, 0.15) is 12.0 Å². The number of aryl methyl sites for hydroxylation is 2. The Bertz CT molecular complexity index is 1190. The molecule has 2 N–H and O–H groups in total. The van der Waals surface area contributed by atoms with Gasteiger partial charge in [0, 0.05) is 20.6 Å².